The minimum absolute atomic E-state index is 0.000752. The van der Waals surface area contributed by atoms with Crippen LogP contribution >= 0.6 is 0 Å². The van der Waals surface area contributed by atoms with Crippen LogP contribution in [-0.2, 0) is 85.7 Å². The molecule has 2 fully saturated rings. The number of allylic oxidation sites excluding steroid dienone is 2. The highest BCUT2D eigenvalue weighted by molar-refractivity contribution is 6.25. The summed E-state index contributed by atoms with van der Waals surface area (Å²) in [7, 11) is 0. The van der Waals surface area contributed by atoms with Crippen molar-refractivity contribution in [3.63, 3.8) is 0 Å². The zero-order valence-corrected chi connectivity index (χ0v) is 32.2. The van der Waals surface area contributed by atoms with E-state index in [0.29, 0.717) is 0 Å². The Kier molecular flexibility index (Phi) is 14.6. The Morgan fingerprint density at radius 3 is 1.37 bits per heavy atom. The number of Topliss-reactive ketones (excluding diaryl/α,β-unsaturated/α-hetero) is 2. The largest absolute Gasteiger partial charge is 0.463 e. The molecule has 20 nitrogen and oxygen atoms in total. The summed E-state index contributed by atoms with van der Waals surface area (Å²) < 4.78 is 62.4. The van der Waals surface area contributed by atoms with Gasteiger partial charge in [-0.2, -0.15) is 0 Å². The van der Waals surface area contributed by atoms with E-state index in [1.165, 1.54) is 25.1 Å². The lowest BCUT2D eigenvalue weighted by atomic mass is 9.89. The summed E-state index contributed by atoms with van der Waals surface area (Å²) in [5.74, 6) is -8.15. The van der Waals surface area contributed by atoms with Gasteiger partial charge < -0.3 is 52.1 Å². The van der Waals surface area contributed by atoms with E-state index in [4.69, 9.17) is 52.1 Å². The maximum Gasteiger partial charge on any atom is 0.303 e. The second-order valence-corrected chi connectivity index (χ2v) is 12.9. The fourth-order valence-corrected chi connectivity index (χ4v) is 6.30. The molecule has 2 saturated heterocycles. The first-order chi connectivity index (χ1) is 26.8. The third-order valence-corrected chi connectivity index (χ3v) is 8.42. The second-order valence-electron chi connectivity index (χ2n) is 12.9. The summed E-state index contributed by atoms with van der Waals surface area (Å²) in [6.07, 6.45) is -17.2. The number of benzene rings is 1. The first kappa shape index (κ1) is 44.0. The fraction of sp³-hybridized carbons (Fsp3) is 0.541. The number of fused-ring (bicyclic) bond motifs is 1. The topological polar surface area (TPSA) is 255 Å². The third kappa shape index (κ3) is 11.0. The molecule has 0 saturated carbocycles. The van der Waals surface area contributed by atoms with E-state index in [-0.39, 0.29) is 16.7 Å². The molecule has 0 bridgehead atoms. The maximum atomic E-state index is 13.7. The van der Waals surface area contributed by atoms with Gasteiger partial charge in [-0.05, 0) is 6.92 Å². The molecule has 0 N–H and O–H groups in total. The van der Waals surface area contributed by atoms with Crippen molar-refractivity contribution in [3.05, 3.63) is 46.7 Å². The van der Waals surface area contributed by atoms with Crippen molar-refractivity contribution < 1.29 is 95.3 Å². The van der Waals surface area contributed by atoms with Crippen LogP contribution in [0.1, 0.15) is 76.1 Å². The van der Waals surface area contributed by atoms with E-state index >= 15 is 0 Å². The van der Waals surface area contributed by atoms with Gasteiger partial charge in [0.15, 0.2) is 42.2 Å². The summed E-state index contributed by atoms with van der Waals surface area (Å²) in [6, 6.07) is 5.96. The predicted molar refractivity (Wildman–Crippen MR) is 182 cm³/mol. The quantitative estimate of drug-likeness (QED) is 0.199. The van der Waals surface area contributed by atoms with Crippen LogP contribution in [0.2, 0.25) is 0 Å². The molecule has 0 radical (unpaired) electrons. The van der Waals surface area contributed by atoms with Crippen LogP contribution in [0, 0.1) is 0 Å². The van der Waals surface area contributed by atoms with Crippen molar-refractivity contribution in [1.82, 2.24) is 0 Å². The summed E-state index contributed by atoms with van der Waals surface area (Å²) in [5.41, 5.74) is -0.0293. The molecule has 1 aromatic carbocycles. The van der Waals surface area contributed by atoms with Gasteiger partial charge in [0.25, 0.3) is 0 Å². The van der Waals surface area contributed by atoms with Gasteiger partial charge in [-0.25, -0.2) is 0 Å². The Labute approximate surface area is 325 Å². The Morgan fingerprint density at radius 1 is 0.509 bits per heavy atom. The van der Waals surface area contributed by atoms with E-state index in [1.54, 1.807) is 6.07 Å². The number of ether oxygens (including phenoxy) is 11. The maximum absolute atomic E-state index is 13.7. The van der Waals surface area contributed by atoms with Gasteiger partial charge in [0, 0.05) is 65.2 Å². The lowest BCUT2D eigenvalue weighted by Gasteiger charge is -2.48. The van der Waals surface area contributed by atoms with E-state index in [1.807, 2.05) is 0 Å². The van der Waals surface area contributed by atoms with Crippen LogP contribution in [-0.4, -0.2) is 128 Å². The summed E-state index contributed by atoms with van der Waals surface area (Å²) in [4.78, 5) is 113. The summed E-state index contributed by atoms with van der Waals surface area (Å²) in [5, 5.41) is 0. The van der Waals surface area contributed by atoms with Crippen molar-refractivity contribution in [2.75, 3.05) is 13.2 Å². The van der Waals surface area contributed by atoms with Gasteiger partial charge in [-0.1, -0.05) is 24.3 Å². The second kappa shape index (κ2) is 18.9. The molecule has 20 heteroatoms. The standard InChI is InChI=1S/C37H42O20/c1-15-27(45)23-11-9-10-12-24(23)28(46)29(15)56-36-35(53-22(8)44)33(51-20(6)42)31(26(55-36)14-48-17(3)39)57-37-34(52-21(7)43)32(50-19(5)41)30(49-18(4)40)25(54-37)13-47-16(2)38/h9-12,25-26,30-37H,13-14H2,1-8H3/t25-,26-,30-,31-,32+,33+,34-,35-,36-,37+/m1/s1. The van der Waals surface area contributed by atoms with Crippen LogP contribution in [0.3, 0.4) is 0 Å². The van der Waals surface area contributed by atoms with E-state index < -0.39 is 134 Å². The monoisotopic (exact) mass is 806 g/mol. The number of carbonyl (C=O) groups excluding carboxylic acids is 9. The van der Waals surface area contributed by atoms with Gasteiger partial charge >= 0.3 is 41.8 Å². The van der Waals surface area contributed by atoms with Crippen molar-refractivity contribution in [2.45, 2.75) is 117 Å². The molecule has 57 heavy (non-hydrogen) atoms. The van der Waals surface area contributed by atoms with Crippen molar-refractivity contribution >= 4 is 53.4 Å². The molecule has 10 atom stereocenters. The van der Waals surface area contributed by atoms with Gasteiger partial charge in [-0.15, -0.1) is 0 Å². The van der Waals surface area contributed by atoms with Crippen molar-refractivity contribution in [2.24, 2.45) is 0 Å². The van der Waals surface area contributed by atoms with E-state index in [9.17, 15) is 43.2 Å². The molecule has 2 aliphatic heterocycles. The van der Waals surface area contributed by atoms with Crippen LogP contribution in [0.15, 0.2) is 35.6 Å². The lowest BCUT2D eigenvalue weighted by Crippen LogP contribution is -2.67. The molecule has 0 spiro atoms. The SMILES string of the molecule is CC(=O)OC[C@H]1O[C@@H](O[C@H]2[C@H](OC(C)=O)[C@@H](OC(C)=O)[C@@H](OC3=C(C)C(=O)c4ccccc4C3=O)O[C@@H]2COC(C)=O)[C@H](OC(C)=O)[C@@H](OC(C)=O)[C@@H]1OC(C)=O. The number of hydrogen-bond acceptors (Lipinski definition) is 20. The average Bonchev–Trinajstić information content (AvgIpc) is 3.11. The van der Waals surface area contributed by atoms with Crippen LogP contribution in [0.4, 0.5) is 0 Å². The highest BCUT2D eigenvalue weighted by atomic mass is 16.8. The summed E-state index contributed by atoms with van der Waals surface area (Å²) >= 11 is 0. The zero-order chi connectivity index (χ0) is 42.3. The van der Waals surface area contributed by atoms with Gasteiger partial charge in [-0.3, -0.25) is 43.2 Å². The van der Waals surface area contributed by atoms with E-state index in [2.05, 4.69) is 0 Å². The molecule has 3 aliphatic rings. The van der Waals surface area contributed by atoms with Crippen LogP contribution < -0.4 is 0 Å². The number of hydrogen-bond donors (Lipinski definition) is 0. The average molecular weight is 807 g/mol. The Balaban J connectivity index is 1.85. The van der Waals surface area contributed by atoms with E-state index in [0.717, 1.165) is 48.5 Å². The molecule has 310 valence electrons. The molecule has 1 aromatic rings. The van der Waals surface area contributed by atoms with Gasteiger partial charge in [0.05, 0.1) is 0 Å². The molecule has 0 amide bonds. The smallest absolute Gasteiger partial charge is 0.303 e. The van der Waals surface area contributed by atoms with Crippen molar-refractivity contribution in [1.29, 1.82) is 0 Å². The number of rotatable bonds is 13. The van der Waals surface area contributed by atoms with Gasteiger partial charge in [0.1, 0.15) is 31.5 Å². The predicted octanol–water partition coefficient (Wildman–Crippen LogP) is 0.976. The lowest BCUT2D eigenvalue weighted by molar-refractivity contribution is -0.358. The molecule has 4 rings (SSSR count). The highest BCUT2D eigenvalue weighted by Gasteiger charge is 2.58. The third-order valence-electron chi connectivity index (χ3n) is 8.42. The molecule has 1 aliphatic carbocycles. The molecule has 0 aromatic heterocycles. The normalized spacial score (nSPS) is 28.2. The number of ketones is 2. The van der Waals surface area contributed by atoms with Gasteiger partial charge in [0.2, 0.25) is 18.2 Å². The Bertz CT molecular complexity index is 1810. The molecular formula is C37H42O20. The minimum Gasteiger partial charge on any atom is -0.463 e. The molecule has 0 unspecified atom stereocenters. The zero-order valence-electron chi connectivity index (χ0n) is 32.2. The fourth-order valence-electron chi connectivity index (χ4n) is 6.30. The number of esters is 7. The first-order valence-electron chi connectivity index (χ1n) is 17.4. The number of carbonyl (C=O) groups is 9. The highest BCUT2D eigenvalue weighted by Crippen LogP contribution is 2.37. The Morgan fingerprint density at radius 2 is 0.895 bits per heavy atom. The summed E-state index contributed by atoms with van der Waals surface area (Å²) in [6.45, 7) is 7.17. The molecular weight excluding hydrogens is 764 g/mol. The Hall–Kier alpha value is -5.73. The molecule has 2 heterocycles. The van der Waals surface area contributed by atoms with Crippen LogP contribution in [0.5, 0.6) is 0 Å². The van der Waals surface area contributed by atoms with Crippen molar-refractivity contribution in [3.8, 4) is 0 Å². The van der Waals surface area contributed by atoms with Crippen LogP contribution in [0.25, 0.3) is 0 Å². The first-order valence-corrected chi connectivity index (χ1v) is 17.4. The minimum atomic E-state index is -1.90.